The van der Waals surface area contributed by atoms with Crippen molar-refractivity contribution in [2.75, 3.05) is 29.9 Å². The first kappa shape index (κ1) is 16.1. The summed E-state index contributed by atoms with van der Waals surface area (Å²) in [5.74, 6) is 2.43. The lowest BCUT2D eigenvalue weighted by Gasteiger charge is -2.20. The molecule has 0 amide bonds. The molecule has 118 valence electrons. The van der Waals surface area contributed by atoms with Crippen molar-refractivity contribution in [3.63, 3.8) is 0 Å². The number of aromatic nitrogens is 2. The second-order valence-electron chi connectivity index (χ2n) is 4.95. The SMILES string of the molecule is CCOc1ccc(Nc2nc(C)cc(N(CC)CC)n2)cc1. The number of nitrogens with zero attached hydrogens (tertiary/aromatic N) is 3. The van der Waals surface area contributed by atoms with Crippen LogP contribution in [0.4, 0.5) is 17.5 Å². The van der Waals surface area contributed by atoms with Gasteiger partial charge in [-0.25, -0.2) is 4.98 Å². The van der Waals surface area contributed by atoms with Crippen molar-refractivity contribution in [2.45, 2.75) is 27.7 Å². The molecule has 0 radical (unpaired) electrons. The van der Waals surface area contributed by atoms with Gasteiger partial charge in [0.25, 0.3) is 0 Å². The summed E-state index contributed by atoms with van der Waals surface area (Å²) >= 11 is 0. The molecule has 2 aromatic rings. The summed E-state index contributed by atoms with van der Waals surface area (Å²) in [7, 11) is 0. The molecule has 5 heteroatoms. The fourth-order valence-electron chi connectivity index (χ4n) is 2.25. The summed E-state index contributed by atoms with van der Waals surface area (Å²) in [6, 6.07) is 9.82. The molecular formula is C17H24N4O. The third-order valence-corrected chi connectivity index (χ3v) is 3.35. The van der Waals surface area contributed by atoms with E-state index in [1.165, 1.54) is 0 Å². The maximum atomic E-state index is 5.44. The summed E-state index contributed by atoms with van der Waals surface area (Å²) < 4.78 is 5.44. The molecule has 2 rings (SSSR count). The second kappa shape index (κ2) is 7.64. The van der Waals surface area contributed by atoms with Crippen LogP contribution in [0.2, 0.25) is 0 Å². The highest BCUT2D eigenvalue weighted by Crippen LogP contribution is 2.20. The van der Waals surface area contributed by atoms with Gasteiger partial charge in [0.15, 0.2) is 0 Å². The van der Waals surface area contributed by atoms with E-state index in [0.29, 0.717) is 12.6 Å². The molecule has 0 aliphatic heterocycles. The molecular weight excluding hydrogens is 276 g/mol. The summed E-state index contributed by atoms with van der Waals surface area (Å²) in [5, 5.41) is 3.25. The van der Waals surface area contributed by atoms with Gasteiger partial charge in [-0.1, -0.05) is 0 Å². The molecule has 1 heterocycles. The normalized spacial score (nSPS) is 10.4. The maximum Gasteiger partial charge on any atom is 0.229 e. The maximum absolute atomic E-state index is 5.44. The zero-order chi connectivity index (χ0) is 15.9. The van der Waals surface area contributed by atoms with Crippen LogP contribution >= 0.6 is 0 Å². The van der Waals surface area contributed by atoms with E-state index in [1.807, 2.05) is 44.2 Å². The number of hydrogen-bond acceptors (Lipinski definition) is 5. The van der Waals surface area contributed by atoms with Crippen molar-refractivity contribution < 1.29 is 4.74 Å². The Morgan fingerprint density at radius 3 is 2.32 bits per heavy atom. The summed E-state index contributed by atoms with van der Waals surface area (Å²) in [6.07, 6.45) is 0. The number of ether oxygens (including phenoxy) is 1. The summed E-state index contributed by atoms with van der Waals surface area (Å²) in [4.78, 5) is 11.3. The predicted octanol–water partition coefficient (Wildman–Crippen LogP) is 3.77. The van der Waals surface area contributed by atoms with Crippen LogP contribution in [0.1, 0.15) is 26.5 Å². The van der Waals surface area contributed by atoms with E-state index in [-0.39, 0.29) is 0 Å². The number of aryl methyl sites for hydroxylation is 1. The first-order chi connectivity index (χ1) is 10.7. The molecule has 0 unspecified atom stereocenters. The van der Waals surface area contributed by atoms with Crippen molar-refractivity contribution >= 4 is 17.5 Å². The highest BCUT2D eigenvalue weighted by Gasteiger charge is 2.08. The van der Waals surface area contributed by atoms with Crippen molar-refractivity contribution in [3.05, 3.63) is 36.0 Å². The number of benzene rings is 1. The highest BCUT2D eigenvalue weighted by atomic mass is 16.5. The molecule has 0 spiro atoms. The first-order valence-corrected chi connectivity index (χ1v) is 7.76. The minimum absolute atomic E-state index is 0.617. The smallest absolute Gasteiger partial charge is 0.229 e. The van der Waals surface area contributed by atoms with Gasteiger partial charge in [0.05, 0.1) is 6.61 Å². The lowest BCUT2D eigenvalue weighted by molar-refractivity contribution is 0.340. The third-order valence-electron chi connectivity index (χ3n) is 3.35. The van der Waals surface area contributed by atoms with E-state index >= 15 is 0 Å². The standard InChI is InChI=1S/C17H24N4O/c1-5-21(6-2)16-12-13(4)18-17(20-16)19-14-8-10-15(11-9-14)22-7-3/h8-12H,5-7H2,1-4H3,(H,18,19,20). The Hall–Kier alpha value is -2.30. The Balaban J connectivity index is 2.18. The van der Waals surface area contributed by atoms with E-state index in [4.69, 9.17) is 4.74 Å². The van der Waals surface area contributed by atoms with Crippen LogP contribution < -0.4 is 15.0 Å². The molecule has 0 saturated heterocycles. The van der Waals surface area contributed by atoms with Crippen LogP contribution in [-0.2, 0) is 0 Å². The average Bonchev–Trinajstić information content (AvgIpc) is 2.50. The Kier molecular flexibility index (Phi) is 5.58. The summed E-state index contributed by atoms with van der Waals surface area (Å²) in [6.45, 7) is 10.7. The van der Waals surface area contributed by atoms with E-state index in [1.54, 1.807) is 0 Å². The van der Waals surface area contributed by atoms with Crippen molar-refractivity contribution in [3.8, 4) is 5.75 Å². The minimum Gasteiger partial charge on any atom is -0.494 e. The van der Waals surface area contributed by atoms with Gasteiger partial charge in [0.1, 0.15) is 11.6 Å². The van der Waals surface area contributed by atoms with Crippen LogP contribution in [0, 0.1) is 6.92 Å². The van der Waals surface area contributed by atoms with Gasteiger partial charge >= 0.3 is 0 Å². The number of hydrogen-bond donors (Lipinski definition) is 1. The number of nitrogens with one attached hydrogen (secondary N) is 1. The second-order valence-corrected chi connectivity index (χ2v) is 4.95. The molecule has 5 nitrogen and oxygen atoms in total. The van der Waals surface area contributed by atoms with E-state index in [2.05, 4.69) is 34.0 Å². The fraction of sp³-hybridized carbons (Fsp3) is 0.412. The zero-order valence-electron chi connectivity index (χ0n) is 13.8. The van der Waals surface area contributed by atoms with Gasteiger partial charge in [-0.2, -0.15) is 4.98 Å². The van der Waals surface area contributed by atoms with E-state index < -0.39 is 0 Å². The lowest BCUT2D eigenvalue weighted by Crippen LogP contribution is -2.23. The van der Waals surface area contributed by atoms with Crippen LogP contribution in [0.5, 0.6) is 5.75 Å². The topological polar surface area (TPSA) is 50.3 Å². The molecule has 0 fully saturated rings. The predicted molar refractivity (Wildman–Crippen MR) is 91.2 cm³/mol. The first-order valence-electron chi connectivity index (χ1n) is 7.76. The Bertz CT molecular complexity index is 594. The van der Waals surface area contributed by atoms with Crippen molar-refractivity contribution in [1.82, 2.24) is 9.97 Å². The largest absolute Gasteiger partial charge is 0.494 e. The van der Waals surface area contributed by atoms with Crippen molar-refractivity contribution in [1.29, 1.82) is 0 Å². The van der Waals surface area contributed by atoms with Crippen LogP contribution in [-0.4, -0.2) is 29.7 Å². The molecule has 0 aliphatic carbocycles. The van der Waals surface area contributed by atoms with E-state index in [0.717, 1.165) is 36.0 Å². The molecule has 1 aromatic heterocycles. The molecule has 0 bridgehead atoms. The molecule has 1 aromatic carbocycles. The van der Waals surface area contributed by atoms with Gasteiger partial charge in [-0.05, 0) is 52.0 Å². The highest BCUT2D eigenvalue weighted by molar-refractivity contribution is 5.56. The van der Waals surface area contributed by atoms with Gasteiger partial charge in [-0.3, -0.25) is 0 Å². The number of rotatable bonds is 7. The molecule has 0 atom stereocenters. The monoisotopic (exact) mass is 300 g/mol. The molecule has 0 aliphatic rings. The Morgan fingerprint density at radius 2 is 1.73 bits per heavy atom. The van der Waals surface area contributed by atoms with Gasteiger partial charge in [0.2, 0.25) is 5.95 Å². The van der Waals surface area contributed by atoms with Crippen LogP contribution in [0.3, 0.4) is 0 Å². The minimum atomic E-state index is 0.617. The van der Waals surface area contributed by atoms with Gasteiger partial charge in [-0.15, -0.1) is 0 Å². The zero-order valence-corrected chi connectivity index (χ0v) is 13.8. The summed E-state index contributed by atoms with van der Waals surface area (Å²) in [5.41, 5.74) is 1.89. The Labute approximate surface area is 132 Å². The third kappa shape index (κ3) is 4.10. The van der Waals surface area contributed by atoms with Crippen LogP contribution in [0.25, 0.3) is 0 Å². The van der Waals surface area contributed by atoms with Gasteiger partial charge < -0.3 is 15.0 Å². The van der Waals surface area contributed by atoms with Crippen molar-refractivity contribution in [2.24, 2.45) is 0 Å². The quantitative estimate of drug-likeness (QED) is 0.843. The number of anilines is 3. The Morgan fingerprint density at radius 1 is 1.05 bits per heavy atom. The molecule has 22 heavy (non-hydrogen) atoms. The fourth-order valence-corrected chi connectivity index (χ4v) is 2.25. The molecule has 0 saturated carbocycles. The van der Waals surface area contributed by atoms with E-state index in [9.17, 15) is 0 Å². The lowest BCUT2D eigenvalue weighted by atomic mass is 10.3. The molecule has 1 N–H and O–H groups in total. The van der Waals surface area contributed by atoms with Gasteiger partial charge in [0, 0.05) is 30.5 Å². The average molecular weight is 300 g/mol. The van der Waals surface area contributed by atoms with Crippen LogP contribution in [0.15, 0.2) is 30.3 Å².